The number of hydrogen-bond acceptors (Lipinski definition) is 4. The van der Waals surface area contributed by atoms with Gasteiger partial charge in [-0.15, -0.1) is 0 Å². The highest BCUT2D eigenvalue weighted by atomic mass is 32.2. The second-order valence-electron chi connectivity index (χ2n) is 7.60. The van der Waals surface area contributed by atoms with Crippen LogP contribution in [-0.4, -0.2) is 74.7 Å². The van der Waals surface area contributed by atoms with Crippen LogP contribution in [0.1, 0.15) is 24.0 Å². The maximum Gasteiger partial charge on any atom is 0.243 e. The predicted octanol–water partition coefficient (Wildman–Crippen LogP) is 1.48. The Bertz CT molecular complexity index is 770. The van der Waals surface area contributed by atoms with Crippen LogP contribution in [0.5, 0.6) is 0 Å². The summed E-state index contributed by atoms with van der Waals surface area (Å²) in [4.78, 5) is 17.4. The van der Waals surface area contributed by atoms with Crippen molar-refractivity contribution in [2.24, 2.45) is 5.92 Å². The highest BCUT2D eigenvalue weighted by Crippen LogP contribution is 2.27. The zero-order valence-electron chi connectivity index (χ0n) is 15.9. The predicted molar refractivity (Wildman–Crippen MR) is 101 cm³/mol. The zero-order valence-corrected chi connectivity index (χ0v) is 16.8. The lowest BCUT2D eigenvalue weighted by atomic mass is 9.98. The molecular weight excluding hydrogens is 350 g/mol. The van der Waals surface area contributed by atoms with Gasteiger partial charge in [-0.1, -0.05) is 12.1 Å². The molecule has 144 valence electrons. The SMILES string of the molecule is Cc1ccc(C)c(S(=O)(=O)N2CCC[C@H](C(=O)N3CCN(C)CC3)C2)c1. The third-order valence-corrected chi connectivity index (χ3v) is 7.52. The van der Waals surface area contributed by atoms with Crippen LogP contribution in [-0.2, 0) is 14.8 Å². The van der Waals surface area contributed by atoms with Gasteiger partial charge in [-0.25, -0.2) is 8.42 Å². The van der Waals surface area contributed by atoms with E-state index in [1.807, 2.05) is 30.9 Å². The number of likely N-dealkylation sites (N-methyl/N-ethyl adjacent to an activating group) is 1. The molecule has 7 heteroatoms. The van der Waals surface area contributed by atoms with Gasteiger partial charge in [0, 0.05) is 39.3 Å². The Morgan fingerprint density at radius 1 is 1.08 bits per heavy atom. The van der Waals surface area contributed by atoms with Gasteiger partial charge >= 0.3 is 0 Å². The van der Waals surface area contributed by atoms with Gasteiger partial charge in [-0.05, 0) is 50.9 Å². The summed E-state index contributed by atoms with van der Waals surface area (Å²) in [5.41, 5.74) is 1.68. The molecule has 1 aromatic carbocycles. The van der Waals surface area contributed by atoms with E-state index >= 15 is 0 Å². The second kappa shape index (κ2) is 7.66. The minimum Gasteiger partial charge on any atom is -0.340 e. The first-order valence-electron chi connectivity index (χ1n) is 9.34. The van der Waals surface area contributed by atoms with Crippen LogP contribution in [0.15, 0.2) is 23.1 Å². The fourth-order valence-electron chi connectivity index (χ4n) is 3.77. The summed E-state index contributed by atoms with van der Waals surface area (Å²) < 4.78 is 27.8. The van der Waals surface area contributed by atoms with Gasteiger partial charge in [0.25, 0.3) is 0 Å². The standard InChI is InChI=1S/C19H29N3O3S/c1-15-6-7-16(2)18(13-15)26(24,25)22-8-4-5-17(14-22)19(23)21-11-9-20(3)10-12-21/h6-7,13,17H,4-5,8-12,14H2,1-3H3/t17-/m0/s1. The van der Waals surface area contributed by atoms with E-state index in [2.05, 4.69) is 11.9 Å². The Balaban J connectivity index is 1.75. The van der Waals surface area contributed by atoms with E-state index in [0.29, 0.717) is 18.0 Å². The molecule has 1 amide bonds. The average Bonchev–Trinajstić information content (AvgIpc) is 2.64. The molecule has 0 radical (unpaired) electrons. The van der Waals surface area contributed by atoms with Crippen molar-refractivity contribution in [2.75, 3.05) is 46.3 Å². The molecule has 6 nitrogen and oxygen atoms in total. The van der Waals surface area contributed by atoms with Crippen molar-refractivity contribution < 1.29 is 13.2 Å². The molecule has 0 N–H and O–H groups in total. The van der Waals surface area contributed by atoms with Gasteiger partial charge in [0.2, 0.25) is 15.9 Å². The first kappa shape index (κ1) is 19.3. The van der Waals surface area contributed by atoms with Crippen molar-refractivity contribution in [3.63, 3.8) is 0 Å². The molecule has 2 aliphatic rings. The molecule has 2 aliphatic heterocycles. The van der Waals surface area contributed by atoms with Crippen LogP contribution in [0.2, 0.25) is 0 Å². The third kappa shape index (κ3) is 3.94. The van der Waals surface area contributed by atoms with Crippen molar-refractivity contribution >= 4 is 15.9 Å². The van der Waals surface area contributed by atoms with Gasteiger partial charge in [0.1, 0.15) is 0 Å². The monoisotopic (exact) mass is 379 g/mol. The van der Waals surface area contributed by atoms with Crippen LogP contribution in [0.25, 0.3) is 0 Å². The Kier molecular flexibility index (Phi) is 5.69. The molecule has 0 spiro atoms. The number of hydrogen-bond donors (Lipinski definition) is 0. The first-order valence-corrected chi connectivity index (χ1v) is 10.8. The van der Waals surface area contributed by atoms with Gasteiger partial charge in [-0.3, -0.25) is 4.79 Å². The van der Waals surface area contributed by atoms with Crippen molar-refractivity contribution in [2.45, 2.75) is 31.6 Å². The number of amides is 1. The summed E-state index contributed by atoms with van der Waals surface area (Å²) in [6.07, 6.45) is 1.50. The Labute approximate surface area is 156 Å². The number of carbonyl (C=O) groups is 1. The summed E-state index contributed by atoms with van der Waals surface area (Å²) in [5.74, 6) is -0.119. The molecule has 0 unspecified atom stereocenters. The number of rotatable bonds is 3. The Morgan fingerprint density at radius 2 is 1.77 bits per heavy atom. The van der Waals surface area contributed by atoms with E-state index in [9.17, 15) is 13.2 Å². The molecule has 2 fully saturated rings. The minimum absolute atomic E-state index is 0.110. The average molecular weight is 380 g/mol. The number of piperidine rings is 1. The lowest BCUT2D eigenvalue weighted by molar-refractivity contribution is -0.138. The quantitative estimate of drug-likeness (QED) is 0.798. The molecule has 0 aliphatic carbocycles. The second-order valence-corrected chi connectivity index (χ2v) is 9.51. The molecule has 26 heavy (non-hydrogen) atoms. The summed E-state index contributed by atoms with van der Waals surface area (Å²) in [6, 6.07) is 5.50. The maximum absolute atomic E-state index is 13.1. The van der Waals surface area contributed by atoms with E-state index in [4.69, 9.17) is 0 Å². The highest BCUT2D eigenvalue weighted by Gasteiger charge is 2.36. The summed E-state index contributed by atoms with van der Waals surface area (Å²) in [7, 11) is -1.51. The number of benzene rings is 1. The molecule has 1 aromatic rings. The van der Waals surface area contributed by atoms with Crippen LogP contribution in [0.3, 0.4) is 0 Å². The molecule has 0 bridgehead atoms. The fourth-order valence-corrected chi connectivity index (χ4v) is 5.61. The summed E-state index contributed by atoms with van der Waals surface area (Å²) >= 11 is 0. The van der Waals surface area contributed by atoms with E-state index in [-0.39, 0.29) is 11.8 Å². The largest absolute Gasteiger partial charge is 0.340 e. The third-order valence-electron chi connectivity index (χ3n) is 5.51. The van der Waals surface area contributed by atoms with Gasteiger partial charge in [0.05, 0.1) is 10.8 Å². The van der Waals surface area contributed by atoms with Crippen molar-refractivity contribution in [3.05, 3.63) is 29.3 Å². The van der Waals surface area contributed by atoms with Crippen molar-refractivity contribution in [1.29, 1.82) is 0 Å². The number of sulfonamides is 1. The first-order chi connectivity index (χ1) is 12.3. The molecule has 0 aromatic heterocycles. The molecular formula is C19H29N3O3S. The van der Waals surface area contributed by atoms with Crippen LogP contribution in [0.4, 0.5) is 0 Å². The van der Waals surface area contributed by atoms with Crippen molar-refractivity contribution in [1.82, 2.24) is 14.1 Å². The number of nitrogens with zero attached hydrogens (tertiary/aromatic N) is 3. The molecule has 2 saturated heterocycles. The topological polar surface area (TPSA) is 60.9 Å². The van der Waals surface area contributed by atoms with Crippen molar-refractivity contribution in [3.8, 4) is 0 Å². The smallest absolute Gasteiger partial charge is 0.243 e. The number of piperazine rings is 1. The van der Waals surface area contributed by atoms with E-state index in [1.54, 1.807) is 6.07 Å². The maximum atomic E-state index is 13.1. The molecule has 3 rings (SSSR count). The highest BCUT2D eigenvalue weighted by molar-refractivity contribution is 7.89. The van der Waals surface area contributed by atoms with Gasteiger partial charge in [-0.2, -0.15) is 4.31 Å². The molecule has 0 saturated carbocycles. The summed E-state index contributed by atoms with van der Waals surface area (Å²) in [6.45, 7) is 7.72. The fraction of sp³-hybridized carbons (Fsp3) is 0.632. The summed E-state index contributed by atoms with van der Waals surface area (Å²) in [5, 5.41) is 0. The van der Waals surface area contributed by atoms with Crippen LogP contribution >= 0.6 is 0 Å². The van der Waals surface area contributed by atoms with E-state index in [1.165, 1.54) is 4.31 Å². The van der Waals surface area contributed by atoms with Crippen LogP contribution in [0, 0.1) is 19.8 Å². The number of aryl methyl sites for hydroxylation is 2. The minimum atomic E-state index is -3.57. The normalized spacial score (nSPS) is 23.2. The Hall–Kier alpha value is -1.44. The molecule has 2 heterocycles. The van der Waals surface area contributed by atoms with Gasteiger partial charge in [0.15, 0.2) is 0 Å². The molecule has 1 atom stereocenters. The lowest BCUT2D eigenvalue weighted by Gasteiger charge is -2.37. The Morgan fingerprint density at radius 3 is 2.46 bits per heavy atom. The zero-order chi connectivity index (χ0) is 18.9. The van der Waals surface area contributed by atoms with Gasteiger partial charge < -0.3 is 9.80 Å². The van der Waals surface area contributed by atoms with Crippen LogP contribution < -0.4 is 0 Å². The lowest BCUT2D eigenvalue weighted by Crippen LogP contribution is -2.52. The van der Waals surface area contributed by atoms with E-state index < -0.39 is 10.0 Å². The number of carbonyl (C=O) groups excluding carboxylic acids is 1. The van der Waals surface area contributed by atoms with E-state index in [0.717, 1.165) is 50.1 Å².